The molecule has 13 nitrogen and oxygen atoms in total. The highest BCUT2D eigenvalue weighted by Gasteiger charge is 2.51. The van der Waals surface area contributed by atoms with E-state index < -0.39 is 75.7 Å². The van der Waals surface area contributed by atoms with Crippen molar-refractivity contribution in [2.75, 3.05) is 13.2 Å². The Bertz CT molecular complexity index is 1420. The maximum absolute atomic E-state index is 12.8. The molecule has 0 aromatic carbocycles. The van der Waals surface area contributed by atoms with Crippen LogP contribution in [0, 0.1) is 0 Å². The first-order valence-corrected chi connectivity index (χ1v) is 24.9. The van der Waals surface area contributed by atoms with E-state index in [4.69, 9.17) is 18.5 Å². The Morgan fingerprint density at radius 3 is 1.44 bits per heavy atom. The van der Waals surface area contributed by atoms with E-state index in [1.165, 1.54) is 51.4 Å². The number of carbonyl (C=O) groups is 2. The number of rotatable bonds is 37. The molecule has 0 aliphatic heterocycles. The fourth-order valence-corrected chi connectivity index (χ4v) is 7.46. The van der Waals surface area contributed by atoms with Crippen LogP contribution >= 0.6 is 7.82 Å². The Balaban J connectivity index is 2.52. The number of allylic oxidation sites excluding steroid dienone is 14. The number of aliphatic hydroxyl groups excluding tert-OH is 5. The van der Waals surface area contributed by atoms with Gasteiger partial charge in [-0.3, -0.25) is 18.6 Å². The van der Waals surface area contributed by atoms with E-state index in [0.29, 0.717) is 19.3 Å². The van der Waals surface area contributed by atoms with Gasteiger partial charge in [0.25, 0.3) is 0 Å². The summed E-state index contributed by atoms with van der Waals surface area (Å²) in [5, 5.41) is 50.1. The summed E-state index contributed by atoms with van der Waals surface area (Å²) in [5.41, 5.74) is 0. The van der Waals surface area contributed by atoms with Gasteiger partial charge in [-0.1, -0.05) is 150 Å². The van der Waals surface area contributed by atoms with E-state index in [0.717, 1.165) is 57.8 Å². The second-order valence-electron chi connectivity index (χ2n) is 15.9. The van der Waals surface area contributed by atoms with Crippen LogP contribution in [0.4, 0.5) is 0 Å². The molecule has 0 heterocycles. The van der Waals surface area contributed by atoms with Gasteiger partial charge in [0.15, 0.2) is 6.10 Å². The lowest BCUT2D eigenvalue weighted by atomic mass is 9.85. The van der Waals surface area contributed by atoms with Gasteiger partial charge in [-0.25, -0.2) is 4.57 Å². The van der Waals surface area contributed by atoms with Gasteiger partial charge in [0.2, 0.25) is 0 Å². The van der Waals surface area contributed by atoms with Crippen molar-refractivity contribution in [1.29, 1.82) is 0 Å². The summed E-state index contributed by atoms with van der Waals surface area (Å²) < 4.78 is 33.4. The molecule has 0 amide bonds. The average Bonchev–Trinajstić information content (AvgIpc) is 3.26. The third kappa shape index (κ3) is 30.7. The van der Waals surface area contributed by atoms with Gasteiger partial charge in [-0.15, -0.1) is 0 Å². The minimum Gasteiger partial charge on any atom is -0.462 e. The Labute approximate surface area is 378 Å². The first-order chi connectivity index (χ1) is 30.4. The third-order valence-electron chi connectivity index (χ3n) is 10.2. The summed E-state index contributed by atoms with van der Waals surface area (Å²) in [7, 11) is -5.14. The summed E-state index contributed by atoms with van der Waals surface area (Å²) in [6.07, 6.45) is 36.5. The fraction of sp³-hybridized carbons (Fsp3) is 0.673. The maximum Gasteiger partial charge on any atom is 0.472 e. The van der Waals surface area contributed by atoms with Gasteiger partial charge in [0.05, 0.1) is 6.61 Å². The smallest absolute Gasteiger partial charge is 0.462 e. The molecular weight excluding hydrogens is 827 g/mol. The van der Waals surface area contributed by atoms with Gasteiger partial charge in [0.1, 0.15) is 43.2 Å². The summed E-state index contributed by atoms with van der Waals surface area (Å²) in [6, 6.07) is 0. The summed E-state index contributed by atoms with van der Waals surface area (Å²) in [5.74, 6) is -1.22. The van der Waals surface area contributed by atoms with Crippen molar-refractivity contribution in [3.63, 3.8) is 0 Å². The van der Waals surface area contributed by atoms with Gasteiger partial charge in [0, 0.05) is 12.8 Å². The number of esters is 2. The van der Waals surface area contributed by atoms with E-state index in [1.54, 1.807) is 0 Å². The summed E-state index contributed by atoms with van der Waals surface area (Å²) in [4.78, 5) is 35.7. The maximum atomic E-state index is 12.8. The molecule has 0 bridgehead atoms. The minimum atomic E-state index is -5.14. The molecule has 0 aromatic heterocycles. The second-order valence-corrected chi connectivity index (χ2v) is 17.3. The van der Waals surface area contributed by atoms with Crippen LogP contribution in [0.25, 0.3) is 0 Å². The van der Waals surface area contributed by atoms with Gasteiger partial charge < -0.3 is 39.9 Å². The summed E-state index contributed by atoms with van der Waals surface area (Å²) in [6.45, 7) is 3.09. The number of hydrogen-bond acceptors (Lipinski definition) is 12. The molecule has 1 aliphatic carbocycles. The molecule has 6 unspecified atom stereocenters. The molecular formula is C49H81O13P. The van der Waals surface area contributed by atoms with Gasteiger partial charge in [-0.2, -0.15) is 0 Å². The van der Waals surface area contributed by atoms with Crippen molar-refractivity contribution in [2.45, 2.75) is 198 Å². The predicted octanol–water partition coefficient (Wildman–Crippen LogP) is 9.28. The largest absolute Gasteiger partial charge is 0.472 e. The number of unbranched alkanes of at least 4 members (excludes halogenated alkanes) is 11. The zero-order valence-corrected chi connectivity index (χ0v) is 39.0. The van der Waals surface area contributed by atoms with E-state index in [-0.39, 0.29) is 12.8 Å². The number of phosphoric ester groups is 1. The Hall–Kier alpha value is -2.97. The Morgan fingerprint density at radius 1 is 0.508 bits per heavy atom. The molecule has 63 heavy (non-hydrogen) atoms. The molecule has 1 saturated carbocycles. The van der Waals surface area contributed by atoms with Crippen LogP contribution in [0.1, 0.15) is 155 Å². The van der Waals surface area contributed by atoms with E-state index >= 15 is 0 Å². The number of carbonyl (C=O) groups excluding carboxylic acids is 2. The van der Waals surface area contributed by atoms with E-state index in [2.05, 4.69) is 80.7 Å². The lowest BCUT2D eigenvalue weighted by molar-refractivity contribution is -0.220. The quantitative estimate of drug-likeness (QED) is 0.0149. The SMILES string of the molecule is CC/C=C/C/C=C/C/C=C/C/C=C/C/C=C/C/C=C/CCC(=O)OC[C@@H](COP(=O)(O)OC1C(O)C(O)C(O)[C@H](O)C1O)OC(=O)CCCCC/C=C/CCCCCCCCCC. The van der Waals surface area contributed by atoms with Gasteiger partial charge >= 0.3 is 19.8 Å². The van der Waals surface area contributed by atoms with Crippen molar-refractivity contribution in [2.24, 2.45) is 0 Å². The highest BCUT2D eigenvalue weighted by Crippen LogP contribution is 2.47. The van der Waals surface area contributed by atoms with Crippen LogP contribution in [-0.4, -0.2) is 98.3 Å². The highest BCUT2D eigenvalue weighted by atomic mass is 31.2. The van der Waals surface area contributed by atoms with Crippen molar-refractivity contribution < 1.29 is 63.1 Å². The predicted molar refractivity (Wildman–Crippen MR) is 248 cm³/mol. The molecule has 0 saturated heterocycles. The number of ether oxygens (including phenoxy) is 2. The molecule has 1 rings (SSSR count). The monoisotopic (exact) mass is 909 g/mol. The molecule has 1 fully saturated rings. The van der Waals surface area contributed by atoms with Crippen molar-refractivity contribution in [3.8, 4) is 0 Å². The van der Waals surface area contributed by atoms with Crippen LogP contribution in [0.3, 0.4) is 0 Å². The van der Waals surface area contributed by atoms with Crippen molar-refractivity contribution >= 4 is 19.8 Å². The van der Waals surface area contributed by atoms with Crippen LogP contribution in [0.15, 0.2) is 85.1 Å². The lowest BCUT2D eigenvalue weighted by Crippen LogP contribution is -2.64. The van der Waals surface area contributed by atoms with Crippen molar-refractivity contribution in [3.05, 3.63) is 85.1 Å². The van der Waals surface area contributed by atoms with Gasteiger partial charge in [-0.05, 0) is 77.0 Å². The van der Waals surface area contributed by atoms with Crippen LogP contribution in [-0.2, 0) is 32.7 Å². The van der Waals surface area contributed by atoms with E-state index in [9.17, 15) is 44.6 Å². The first-order valence-electron chi connectivity index (χ1n) is 23.4. The summed E-state index contributed by atoms with van der Waals surface area (Å²) >= 11 is 0. The normalized spacial score (nSPS) is 22.5. The standard InChI is InChI=1S/C49H81O13P/c1-3-5-7-9-11-13-15-17-19-20-21-22-24-25-27-29-31-33-35-37-42(50)59-39-41(40-60-63(57,58)62-49-47(55)45(53)44(52)46(54)48(49)56)61-43(51)38-36-34-32-30-28-26-23-18-16-14-12-10-8-6-4-2/h5,7,11,13,17,19,21-22,25-28,31,33,41,44-49,52-56H,3-4,6,8-10,12,14-16,18,20,23-24,29-30,32,34-40H2,1-2H3,(H,57,58)/b7-5+,13-11+,19-17+,22-21+,27-25+,28-26+,33-31+/t41-,44?,45-,46?,47?,48?,49?/m0/s1. The zero-order valence-electron chi connectivity index (χ0n) is 38.1. The minimum absolute atomic E-state index is 0.0346. The topological polar surface area (TPSA) is 210 Å². The van der Waals surface area contributed by atoms with Crippen LogP contribution in [0.2, 0.25) is 0 Å². The molecule has 0 radical (unpaired) electrons. The second kappa shape index (κ2) is 38.3. The molecule has 360 valence electrons. The molecule has 6 N–H and O–H groups in total. The van der Waals surface area contributed by atoms with Crippen LogP contribution in [0.5, 0.6) is 0 Å². The molecule has 8 atom stereocenters. The average molecular weight is 909 g/mol. The molecule has 14 heteroatoms. The Morgan fingerprint density at radius 2 is 0.937 bits per heavy atom. The number of phosphoric acid groups is 1. The first kappa shape index (κ1) is 58.0. The van der Waals surface area contributed by atoms with Crippen LogP contribution < -0.4 is 0 Å². The molecule has 0 aromatic rings. The lowest BCUT2D eigenvalue weighted by Gasteiger charge is -2.41. The Kier molecular flexibility index (Phi) is 35.3. The zero-order chi connectivity index (χ0) is 46.4. The van der Waals surface area contributed by atoms with E-state index in [1.807, 2.05) is 18.2 Å². The highest BCUT2D eigenvalue weighted by molar-refractivity contribution is 7.47. The fourth-order valence-electron chi connectivity index (χ4n) is 6.48. The molecule has 0 spiro atoms. The molecule has 1 aliphatic rings. The van der Waals surface area contributed by atoms with Crippen molar-refractivity contribution in [1.82, 2.24) is 0 Å². The number of aliphatic hydroxyl groups is 5. The number of hydrogen-bond donors (Lipinski definition) is 6. The third-order valence-corrected chi connectivity index (χ3v) is 11.2.